The summed E-state index contributed by atoms with van der Waals surface area (Å²) < 4.78 is 5.60. The molecule has 0 heterocycles. The predicted molar refractivity (Wildman–Crippen MR) is 78.3 cm³/mol. The van der Waals surface area contributed by atoms with E-state index in [2.05, 4.69) is 43.4 Å². The Morgan fingerprint density at radius 2 is 1.95 bits per heavy atom. The Morgan fingerprint density at radius 1 is 1.26 bits per heavy atom. The summed E-state index contributed by atoms with van der Waals surface area (Å²) in [4.78, 5) is 10.9. The highest BCUT2D eigenvalue weighted by Crippen LogP contribution is 2.05. The molecule has 0 aliphatic rings. The van der Waals surface area contributed by atoms with Crippen molar-refractivity contribution in [1.82, 2.24) is 5.32 Å². The summed E-state index contributed by atoms with van der Waals surface area (Å²) in [7, 11) is 0. The molecule has 1 rings (SSSR count). The SMILES string of the molecule is CC(=O)CCOCC(Cc1ccccc1)NC(C)C. The van der Waals surface area contributed by atoms with Crippen LogP contribution < -0.4 is 5.32 Å². The minimum atomic E-state index is 0.177. The van der Waals surface area contributed by atoms with Crippen molar-refractivity contribution in [1.29, 1.82) is 0 Å². The van der Waals surface area contributed by atoms with Crippen molar-refractivity contribution in [3.05, 3.63) is 35.9 Å². The molecule has 0 saturated carbocycles. The predicted octanol–water partition coefficient (Wildman–Crippen LogP) is 2.59. The second-order valence-corrected chi connectivity index (χ2v) is 5.23. The number of benzene rings is 1. The summed E-state index contributed by atoms with van der Waals surface area (Å²) in [6.45, 7) is 7.01. The van der Waals surface area contributed by atoms with Gasteiger partial charge in [0.05, 0.1) is 13.2 Å². The zero-order valence-corrected chi connectivity index (χ0v) is 12.2. The highest BCUT2D eigenvalue weighted by atomic mass is 16.5. The lowest BCUT2D eigenvalue weighted by molar-refractivity contribution is -0.118. The zero-order valence-electron chi connectivity index (χ0n) is 12.2. The van der Waals surface area contributed by atoms with Crippen LogP contribution in [0.3, 0.4) is 0 Å². The van der Waals surface area contributed by atoms with Gasteiger partial charge in [0, 0.05) is 18.5 Å². The third-order valence-corrected chi connectivity index (χ3v) is 2.81. The van der Waals surface area contributed by atoms with Crippen molar-refractivity contribution in [3.8, 4) is 0 Å². The lowest BCUT2D eigenvalue weighted by Gasteiger charge is -2.21. The third-order valence-electron chi connectivity index (χ3n) is 2.81. The van der Waals surface area contributed by atoms with Crippen molar-refractivity contribution >= 4 is 5.78 Å². The summed E-state index contributed by atoms with van der Waals surface area (Å²) in [6.07, 6.45) is 1.44. The van der Waals surface area contributed by atoms with Gasteiger partial charge in [0.2, 0.25) is 0 Å². The van der Waals surface area contributed by atoms with Crippen LogP contribution in [0.4, 0.5) is 0 Å². The molecular weight excluding hydrogens is 238 g/mol. The van der Waals surface area contributed by atoms with E-state index < -0.39 is 0 Å². The molecule has 0 spiro atoms. The van der Waals surface area contributed by atoms with E-state index in [0.717, 1.165) is 6.42 Å². The Kier molecular flexibility index (Phi) is 7.38. The van der Waals surface area contributed by atoms with Crippen LogP contribution in [0.1, 0.15) is 32.8 Å². The van der Waals surface area contributed by atoms with E-state index in [1.54, 1.807) is 6.92 Å². The van der Waals surface area contributed by atoms with Gasteiger partial charge in [0.15, 0.2) is 0 Å². The molecule has 3 heteroatoms. The minimum absolute atomic E-state index is 0.177. The van der Waals surface area contributed by atoms with Crippen LogP contribution in [-0.4, -0.2) is 31.1 Å². The lowest BCUT2D eigenvalue weighted by atomic mass is 10.1. The first kappa shape index (κ1) is 15.9. The number of Topliss-reactive ketones (excluding diaryl/α,β-unsaturated/α-hetero) is 1. The first-order chi connectivity index (χ1) is 9.08. The maximum absolute atomic E-state index is 10.9. The van der Waals surface area contributed by atoms with Crippen LogP contribution in [0.2, 0.25) is 0 Å². The zero-order chi connectivity index (χ0) is 14.1. The van der Waals surface area contributed by atoms with Gasteiger partial charge in [-0.05, 0) is 18.9 Å². The molecule has 1 aromatic rings. The molecule has 3 nitrogen and oxygen atoms in total. The molecule has 0 bridgehead atoms. The monoisotopic (exact) mass is 263 g/mol. The number of ether oxygens (including phenoxy) is 1. The molecule has 1 unspecified atom stereocenters. The van der Waals surface area contributed by atoms with E-state index in [4.69, 9.17) is 4.74 Å². The first-order valence-corrected chi connectivity index (χ1v) is 6.95. The van der Waals surface area contributed by atoms with Gasteiger partial charge in [-0.25, -0.2) is 0 Å². The van der Waals surface area contributed by atoms with Crippen molar-refractivity contribution in [2.45, 2.75) is 45.7 Å². The molecule has 1 aromatic carbocycles. The highest BCUT2D eigenvalue weighted by molar-refractivity contribution is 5.75. The van der Waals surface area contributed by atoms with Crippen LogP contribution in [0, 0.1) is 0 Å². The average Bonchev–Trinajstić information content (AvgIpc) is 2.35. The van der Waals surface area contributed by atoms with Crippen LogP contribution >= 0.6 is 0 Å². The fourth-order valence-electron chi connectivity index (χ4n) is 1.98. The Hall–Kier alpha value is -1.19. The van der Waals surface area contributed by atoms with Crippen molar-refractivity contribution in [2.75, 3.05) is 13.2 Å². The average molecular weight is 263 g/mol. The van der Waals surface area contributed by atoms with Gasteiger partial charge in [-0.3, -0.25) is 4.79 Å². The fourth-order valence-corrected chi connectivity index (χ4v) is 1.98. The van der Waals surface area contributed by atoms with E-state index in [0.29, 0.717) is 25.7 Å². The molecule has 0 amide bonds. The van der Waals surface area contributed by atoms with Crippen LogP contribution in [0.5, 0.6) is 0 Å². The Labute approximate surface area is 116 Å². The Bertz CT molecular complexity index is 362. The molecule has 0 saturated heterocycles. The molecule has 0 aliphatic carbocycles. The van der Waals surface area contributed by atoms with Gasteiger partial charge in [-0.1, -0.05) is 44.2 Å². The molecule has 106 valence electrons. The molecule has 0 radical (unpaired) electrons. The van der Waals surface area contributed by atoms with Gasteiger partial charge < -0.3 is 10.1 Å². The van der Waals surface area contributed by atoms with Crippen LogP contribution in [-0.2, 0) is 16.0 Å². The third kappa shape index (κ3) is 7.75. The minimum Gasteiger partial charge on any atom is -0.379 e. The van der Waals surface area contributed by atoms with Gasteiger partial charge in [-0.2, -0.15) is 0 Å². The molecule has 19 heavy (non-hydrogen) atoms. The maximum atomic E-state index is 10.9. The van der Waals surface area contributed by atoms with E-state index in [1.807, 2.05) is 6.07 Å². The van der Waals surface area contributed by atoms with E-state index in [-0.39, 0.29) is 11.8 Å². The lowest BCUT2D eigenvalue weighted by Crippen LogP contribution is -2.40. The summed E-state index contributed by atoms with van der Waals surface area (Å²) in [5.74, 6) is 0.177. The molecule has 1 atom stereocenters. The summed E-state index contributed by atoms with van der Waals surface area (Å²) in [5.41, 5.74) is 1.30. The Morgan fingerprint density at radius 3 is 2.53 bits per heavy atom. The topological polar surface area (TPSA) is 38.3 Å². The van der Waals surface area contributed by atoms with Crippen LogP contribution in [0.15, 0.2) is 30.3 Å². The number of nitrogens with one attached hydrogen (secondary N) is 1. The fraction of sp³-hybridized carbons (Fsp3) is 0.562. The quantitative estimate of drug-likeness (QED) is 0.696. The highest BCUT2D eigenvalue weighted by Gasteiger charge is 2.11. The number of ketones is 1. The molecule has 0 aromatic heterocycles. The van der Waals surface area contributed by atoms with Gasteiger partial charge in [0.1, 0.15) is 5.78 Å². The van der Waals surface area contributed by atoms with E-state index >= 15 is 0 Å². The molecule has 0 aliphatic heterocycles. The largest absolute Gasteiger partial charge is 0.379 e. The van der Waals surface area contributed by atoms with Crippen molar-refractivity contribution in [2.24, 2.45) is 0 Å². The van der Waals surface area contributed by atoms with Gasteiger partial charge >= 0.3 is 0 Å². The van der Waals surface area contributed by atoms with Crippen molar-refractivity contribution < 1.29 is 9.53 Å². The van der Waals surface area contributed by atoms with Gasteiger partial charge in [-0.15, -0.1) is 0 Å². The molecule has 1 N–H and O–H groups in total. The number of hydrogen-bond acceptors (Lipinski definition) is 3. The summed E-state index contributed by atoms with van der Waals surface area (Å²) in [6, 6.07) is 11.1. The first-order valence-electron chi connectivity index (χ1n) is 6.95. The number of carbonyl (C=O) groups excluding carboxylic acids is 1. The second kappa shape index (κ2) is 8.83. The van der Waals surface area contributed by atoms with E-state index in [9.17, 15) is 4.79 Å². The van der Waals surface area contributed by atoms with E-state index in [1.165, 1.54) is 5.56 Å². The molecule has 0 fully saturated rings. The summed E-state index contributed by atoms with van der Waals surface area (Å²) >= 11 is 0. The second-order valence-electron chi connectivity index (χ2n) is 5.23. The normalized spacial score (nSPS) is 12.6. The van der Waals surface area contributed by atoms with Crippen molar-refractivity contribution in [3.63, 3.8) is 0 Å². The summed E-state index contributed by atoms with van der Waals surface area (Å²) in [5, 5.41) is 3.51. The Balaban J connectivity index is 2.40. The molecular formula is C16H25NO2. The number of rotatable bonds is 9. The number of hydrogen-bond donors (Lipinski definition) is 1. The van der Waals surface area contributed by atoms with Gasteiger partial charge in [0.25, 0.3) is 0 Å². The standard InChI is InChI=1S/C16H25NO2/c1-13(2)17-16(12-19-10-9-14(3)18)11-15-7-5-4-6-8-15/h4-8,13,16-17H,9-12H2,1-3H3. The number of carbonyl (C=O) groups is 1. The van der Waals surface area contributed by atoms with Crippen LogP contribution in [0.25, 0.3) is 0 Å². The smallest absolute Gasteiger partial charge is 0.132 e. The maximum Gasteiger partial charge on any atom is 0.132 e.